The molecule has 1 fully saturated rings. The SMILES string of the molecule is COCCOCOc1ccc(Br)cc1C(=O)Nc1ccc(N2CCN(C(=O)OC(C)(C)C)CC2C)c(F)c1. The average Bonchev–Trinajstić information content (AvgIpc) is 2.84. The number of nitrogens with one attached hydrogen (secondary N) is 1. The number of hydrogen-bond acceptors (Lipinski definition) is 7. The number of hydrogen-bond donors (Lipinski definition) is 1. The number of carbonyl (C=O) groups excluding carboxylic acids is 2. The highest BCUT2D eigenvalue weighted by Crippen LogP contribution is 2.29. The van der Waals surface area contributed by atoms with Crippen molar-refractivity contribution < 1.29 is 32.9 Å². The van der Waals surface area contributed by atoms with Crippen molar-refractivity contribution in [2.75, 3.05) is 57.0 Å². The number of piperazine rings is 1. The molecule has 1 atom stereocenters. The van der Waals surface area contributed by atoms with Crippen LogP contribution in [0, 0.1) is 5.82 Å². The summed E-state index contributed by atoms with van der Waals surface area (Å²) in [6.07, 6.45) is -0.375. The second-order valence-electron chi connectivity index (χ2n) is 9.89. The number of rotatable bonds is 9. The Morgan fingerprint density at radius 1 is 1.13 bits per heavy atom. The fourth-order valence-corrected chi connectivity index (χ4v) is 4.30. The van der Waals surface area contributed by atoms with E-state index in [2.05, 4.69) is 21.2 Å². The zero-order valence-corrected chi connectivity index (χ0v) is 24.0. The van der Waals surface area contributed by atoms with Crippen molar-refractivity contribution in [3.8, 4) is 5.75 Å². The van der Waals surface area contributed by atoms with Crippen LogP contribution in [-0.4, -0.2) is 75.3 Å². The second kappa shape index (κ2) is 13.3. The Morgan fingerprint density at radius 3 is 2.55 bits per heavy atom. The monoisotopic (exact) mass is 595 g/mol. The largest absolute Gasteiger partial charge is 0.467 e. The number of ether oxygens (including phenoxy) is 4. The molecule has 0 saturated carbocycles. The van der Waals surface area contributed by atoms with Gasteiger partial charge in [-0.05, 0) is 64.1 Å². The summed E-state index contributed by atoms with van der Waals surface area (Å²) in [7, 11) is 1.57. The summed E-state index contributed by atoms with van der Waals surface area (Å²) < 4.78 is 37.2. The first kappa shape index (κ1) is 29.7. The number of benzene rings is 2. The van der Waals surface area contributed by atoms with Crippen molar-refractivity contribution in [1.29, 1.82) is 0 Å². The summed E-state index contributed by atoms with van der Waals surface area (Å²) in [6.45, 7) is 9.41. The maximum atomic E-state index is 15.2. The minimum atomic E-state index is -0.579. The summed E-state index contributed by atoms with van der Waals surface area (Å²) in [6, 6.07) is 9.46. The highest BCUT2D eigenvalue weighted by molar-refractivity contribution is 9.10. The van der Waals surface area contributed by atoms with E-state index in [1.54, 1.807) is 42.3 Å². The van der Waals surface area contributed by atoms with Gasteiger partial charge < -0.3 is 34.1 Å². The lowest BCUT2D eigenvalue weighted by Gasteiger charge is -2.41. The van der Waals surface area contributed by atoms with Crippen molar-refractivity contribution in [3.63, 3.8) is 0 Å². The summed E-state index contributed by atoms with van der Waals surface area (Å²) in [5.74, 6) is -0.598. The highest BCUT2D eigenvalue weighted by Gasteiger charge is 2.31. The fourth-order valence-electron chi connectivity index (χ4n) is 3.94. The van der Waals surface area contributed by atoms with Crippen LogP contribution >= 0.6 is 15.9 Å². The summed E-state index contributed by atoms with van der Waals surface area (Å²) in [5.41, 5.74) is 0.397. The van der Waals surface area contributed by atoms with E-state index in [-0.39, 0.29) is 24.5 Å². The van der Waals surface area contributed by atoms with Gasteiger partial charge in [-0.3, -0.25) is 4.79 Å². The zero-order valence-electron chi connectivity index (χ0n) is 22.4. The van der Waals surface area contributed by atoms with Crippen molar-refractivity contribution in [1.82, 2.24) is 4.90 Å². The van der Waals surface area contributed by atoms with Gasteiger partial charge in [0.2, 0.25) is 0 Å². The molecule has 0 aliphatic carbocycles. The minimum absolute atomic E-state index is 0.0476. The van der Waals surface area contributed by atoms with Crippen molar-refractivity contribution in [2.45, 2.75) is 39.3 Å². The number of nitrogens with zero attached hydrogens (tertiary/aromatic N) is 2. The minimum Gasteiger partial charge on any atom is -0.467 e. The van der Waals surface area contributed by atoms with E-state index < -0.39 is 17.3 Å². The van der Waals surface area contributed by atoms with Crippen LogP contribution in [0.3, 0.4) is 0 Å². The van der Waals surface area contributed by atoms with Gasteiger partial charge in [0.1, 0.15) is 17.2 Å². The van der Waals surface area contributed by atoms with Gasteiger partial charge in [0.05, 0.1) is 24.5 Å². The molecule has 9 nitrogen and oxygen atoms in total. The quantitative estimate of drug-likeness (QED) is 0.311. The number of anilines is 2. The lowest BCUT2D eigenvalue weighted by atomic mass is 10.1. The lowest BCUT2D eigenvalue weighted by Crippen LogP contribution is -2.54. The van der Waals surface area contributed by atoms with Gasteiger partial charge in [-0.2, -0.15) is 0 Å². The van der Waals surface area contributed by atoms with E-state index in [0.29, 0.717) is 54.4 Å². The molecule has 0 spiro atoms. The van der Waals surface area contributed by atoms with Gasteiger partial charge in [0, 0.05) is 42.9 Å². The highest BCUT2D eigenvalue weighted by atomic mass is 79.9. The topological polar surface area (TPSA) is 89.6 Å². The molecule has 1 aliphatic rings. The fraction of sp³-hybridized carbons (Fsp3) is 0.481. The Morgan fingerprint density at radius 2 is 1.89 bits per heavy atom. The Kier molecular flexibility index (Phi) is 10.3. The molecular weight excluding hydrogens is 561 g/mol. The molecule has 1 aliphatic heterocycles. The van der Waals surface area contributed by atoms with Gasteiger partial charge in [-0.25, -0.2) is 9.18 Å². The average molecular weight is 596 g/mol. The Bertz CT molecular complexity index is 1130. The molecule has 38 heavy (non-hydrogen) atoms. The predicted octanol–water partition coefficient (Wildman–Crippen LogP) is 5.29. The molecule has 0 bridgehead atoms. The van der Waals surface area contributed by atoms with Crippen LogP contribution in [0.25, 0.3) is 0 Å². The maximum Gasteiger partial charge on any atom is 0.410 e. The van der Waals surface area contributed by atoms with E-state index >= 15 is 4.39 Å². The van der Waals surface area contributed by atoms with Gasteiger partial charge in [0.25, 0.3) is 5.91 Å². The van der Waals surface area contributed by atoms with E-state index in [4.69, 9.17) is 18.9 Å². The third-order valence-corrected chi connectivity index (χ3v) is 6.20. The maximum absolute atomic E-state index is 15.2. The number of methoxy groups -OCH3 is 1. The van der Waals surface area contributed by atoms with Crippen LogP contribution in [0.1, 0.15) is 38.1 Å². The van der Waals surface area contributed by atoms with Crippen molar-refractivity contribution in [3.05, 3.63) is 52.3 Å². The summed E-state index contributed by atoms with van der Waals surface area (Å²) in [4.78, 5) is 29.0. The van der Waals surface area contributed by atoms with E-state index in [9.17, 15) is 9.59 Å². The van der Waals surface area contributed by atoms with Crippen LogP contribution in [-0.2, 0) is 14.2 Å². The molecule has 2 amide bonds. The molecule has 0 aromatic heterocycles. The standard InChI is InChI=1S/C27H35BrFN3O6/c1-18-16-31(26(34)38-27(2,3)4)10-11-32(18)23-8-7-20(15-22(23)29)30-25(33)21-14-19(28)6-9-24(21)37-17-36-13-12-35-5/h6-9,14-15,18H,10-13,16-17H2,1-5H3,(H,30,33). The summed E-state index contributed by atoms with van der Waals surface area (Å²) >= 11 is 3.37. The Labute approximate surface area is 231 Å². The number of halogens is 2. The molecule has 11 heteroatoms. The summed E-state index contributed by atoms with van der Waals surface area (Å²) in [5, 5.41) is 2.73. The van der Waals surface area contributed by atoms with E-state index in [0.717, 1.165) is 0 Å². The third kappa shape index (κ3) is 8.31. The normalized spacial score (nSPS) is 15.8. The molecule has 1 saturated heterocycles. The van der Waals surface area contributed by atoms with Crippen molar-refractivity contribution >= 4 is 39.3 Å². The van der Waals surface area contributed by atoms with Gasteiger partial charge in [-0.15, -0.1) is 0 Å². The third-order valence-electron chi connectivity index (χ3n) is 5.71. The molecule has 1 N–H and O–H groups in total. The molecule has 0 radical (unpaired) electrons. The first-order valence-corrected chi connectivity index (χ1v) is 13.1. The molecule has 1 unspecified atom stereocenters. The molecule has 208 valence electrons. The Hall–Kier alpha value is -2.89. The van der Waals surface area contributed by atoms with Gasteiger partial charge in [0.15, 0.2) is 6.79 Å². The number of carbonyl (C=O) groups is 2. The van der Waals surface area contributed by atoms with E-state index in [1.165, 1.54) is 6.07 Å². The number of amides is 2. The molecule has 2 aromatic carbocycles. The molecule has 1 heterocycles. The first-order chi connectivity index (χ1) is 18.0. The van der Waals surface area contributed by atoms with Gasteiger partial charge >= 0.3 is 6.09 Å². The van der Waals surface area contributed by atoms with Gasteiger partial charge in [-0.1, -0.05) is 15.9 Å². The molecule has 2 aromatic rings. The van der Waals surface area contributed by atoms with Crippen LogP contribution in [0.2, 0.25) is 0 Å². The second-order valence-corrected chi connectivity index (χ2v) is 10.8. The van der Waals surface area contributed by atoms with Crippen LogP contribution in [0.4, 0.5) is 20.6 Å². The van der Waals surface area contributed by atoms with Crippen LogP contribution < -0.4 is 15.0 Å². The first-order valence-electron chi connectivity index (χ1n) is 12.3. The zero-order chi connectivity index (χ0) is 27.9. The lowest BCUT2D eigenvalue weighted by molar-refractivity contribution is -0.00873. The predicted molar refractivity (Wildman–Crippen MR) is 146 cm³/mol. The van der Waals surface area contributed by atoms with E-state index in [1.807, 2.05) is 32.6 Å². The van der Waals surface area contributed by atoms with Crippen LogP contribution in [0.15, 0.2) is 40.9 Å². The Balaban J connectivity index is 1.65. The smallest absolute Gasteiger partial charge is 0.410 e. The van der Waals surface area contributed by atoms with Crippen molar-refractivity contribution in [2.24, 2.45) is 0 Å². The molecular formula is C27H35BrFN3O6. The molecule has 3 rings (SSSR count). The van der Waals surface area contributed by atoms with Crippen LogP contribution in [0.5, 0.6) is 5.75 Å².